The van der Waals surface area contributed by atoms with Crippen LogP contribution in [0.2, 0.25) is 0 Å². The second-order valence-corrected chi connectivity index (χ2v) is 5.42. The normalized spacial score (nSPS) is 10.8. The second-order valence-electron chi connectivity index (χ2n) is 5.01. The largest absolute Gasteiger partial charge is 0.493 e. The number of nitrogens with zero attached hydrogens (tertiary/aromatic N) is 2. The Kier molecular flexibility index (Phi) is 8.08. The fraction of sp³-hybridized carbons (Fsp3) is 0.211. The highest BCUT2D eigenvalue weighted by Crippen LogP contribution is 2.16. The zero-order chi connectivity index (χ0) is 18.6. The van der Waals surface area contributed by atoms with Crippen molar-refractivity contribution in [3.05, 3.63) is 59.7 Å². The summed E-state index contributed by atoms with van der Waals surface area (Å²) in [6, 6.07) is 15.3. The van der Waals surface area contributed by atoms with Crippen molar-refractivity contribution in [1.29, 1.82) is 0 Å². The van der Waals surface area contributed by atoms with Crippen LogP contribution in [0, 0.1) is 0 Å². The van der Waals surface area contributed by atoms with Crippen LogP contribution in [0.5, 0.6) is 11.5 Å². The van der Waals surface area contributed by atoms with E-state index in [0.29, 0.717) is 13.2 Å². The van der Waals surface area contributed by atoms with Crippen molar-refractivity contribution in [1.82, 2.24) is 10.9 Å². The Labute approximate surface area is 158 Å². The Morgan fingerprint density at radius 1 is 0.846 bits per heavy atom. The number of hydrazone groups is 2. The van der Waals surface area contributed by atoms with Crippen molar-refractivity contribution in [2.24, 2.45) is 10.2 Å². The van der Waals surface area contributed by atoms with Gasteiger partial charge in [-0.3, -0.25) is 10.9 Å². The Balaban J connectivity index is 1.88. The minimum absolute atomic E-state index is 0.278. The van der Waals surface area contributed by atoms with Gasteiger partial charge in [0.1, 0.15) is 11.5 Å². The fourth-order valence-electron chi connectivity index (χ4n) is 2.09. The molecule has 2 aromatic rings. The summed E-state index contributed by atoms with van der Waals surface area (Å²) in [5.41, 5.74) is 7.15. The maximum absolute atomic E-state index is 5.54. The average Bonchev–Trinajstić information content (AvgIpc) is 2.65. The molecule has 0 aliphatic rings. The first kappa shape index (κ1) is 19.4. The van der Waals surface area contributed by atoms with E-state index < -0.39 is 0 Å². The molecular weight excluding hydrogens is 348 g/mol. The molecule has 6 nitrogen and oxygen atoms in total. The summed E-state index contributed by atoms with van der Waals surface area (Å²) in [4.78, 5) is 0. The van der Waals surface area contributed by atoms with Gasteiger partial charge < -0.3 is 9.47 Å². The van der Waals surface area contributed by atoms with E-state index >= 15 is 0 Å². The van der Waals surface area contributed by atoms with E-state index in [9.17, 15) is 0 Å². The molecule has 0 atom stereocenters. The van der Waals surface area contributed by atoms with Gasteiger partial charge in [-0.1, -0.05) is 24.3 Å². The van der Waals surface area contributed by atoms with Gasteiger partial charge in [-0.2, -0.15) is 10.2 Å². The number of hydrogen-bond acceptors (Lipinski definition) is 5. The van der Waals surface area contributed by atoms with E-state index in [-0.39, 0.29) is 5.11 Å². The van der Waals surface area contributed by atoms with Gasteiger partial charge in [0, 0.05) is 11.1 Å². The van der Waals surface area contributed by atoms with Crippen LogP contribution in [0.4, 0.5) is 0 Å². The summed E-state index contributed by atoms with van der Waals surface area (Å²) >= 11 is 5.14. The van der Waals surface area contributed by atoms with Gasteiger partial charge in [-0.15, -0.1) is 0 Å². The fourth-order valence-corrected chi connectivity index (χ4v) is 2.20. The monoisotopic (exact) mass is 370 g/mol. The highest BCUT2D eigenvalue weighted by atomic mass is 32.1. The van der Waals surface area contributed by atoms with Gasteiger partial charge in [0.05, 0.1) is 25.6 Å². The number of benzene rings is 2. The quantitative estimate of drug-likeness (QED) is 0.424. The number of rotatable bonds is 8. The zero-order valence-corrected chi connectivity index (χ0v) is 15.6. The SMILES string of the molecule is CCOc1ccccc1C=NNC(=S)NN=Cc1ccccc1OCC. The third kappa shape index (κ3) is 6.18. The first-order valence-corrected chi connectivity index (χ1v) is 8.71. The van der Waals surface area contributed by atoms with E-state index in [1.54, 1.807) is 12.4 Å². The van der Waals surface area contributed by atoms with Crippen molar-refractivity contribution in [3.8, 4) is 11.5 Å². The molecule has 0 heterocycles. The Morgan fingerprint density at radius 2 is 1.27 bits per heavy atom. The predicted octanol–water partition coefficient (Wildman–Crippen LogP) is 3.32. The number of ether oxygens (including phenoxy) is 2. The van der Waals surface area contributed by atoms with E-state index in [4.69, 9.17) is 21.7 Å². The van der Waals surface area contributed by atoms with Crippen LogP contribution >= 0.6 is 12.2 Å². The molecule has 0 fully saturated rings. The van der Waals surface area contributed by atoms with Gasteiger partial charge in [0.2, 0.25) is 5.11 Å². The van der Waals surface area contributed by atoms with Crippen molar-refractivity contribution in [3.63, 3.8) is 0 Å². The third-order valence-corrected chi connectivity index (χ3v) is 3.36. The van der Waals surface area contributed by atoms with E-state index in [1.807, 2.05) is 62.4 Å². The third-order valence-electron chi connectivity index (χ3n) is 3.18. The molecule has 136 valence electrons. The van der Waals surface area contributed by atoms with Crippen LogP contribution in [0.25, 0.3) is 0 Å². The Morgan fingerprint density at radius 3 is 1.69 bits per heavy atom. The summed E-state index contributed by atoms with van der Waals surface area (Å²) in [6.07, 6.45) is 3.29. The molecule has 0 aliphatic heterocycles. The summed E-state index contributed by atoms with van der Waals surface area (Å²) in [7, 11) is 0. The molecule has 0 saturated heterocycles. The molecule has 2 aromatic carbocycles. The van der Waals surface area contributed by atoms with Gasteiger partial charge in [0.25, 0.3) is 0 Å². The number of hydrogen-bond donors (Lipinski definition) is 2. The Bertz CT molecular complexity index is 714. The molecule has 7 heteroatoms. The number of para-hydroxylation sites is 2. The second kappa shape index (κ2) is 10.8. The standard InChI is InChI=1S/C19H22N4O2S/c1-3-24-17-11-7-5-9-15(17)13-20-22-19(26)23-21-14-16-10-6-8-12-18(16)25-4-2/h5-14H,3-4H2,1-2H3,(H2,22,23,26). The molecular formula is C19H22N4O2S. The summed E-state index contributed by atoms with van der Waals surface area (Å²) in [5, 5.41) is 8.48. The van der Waals surface area contributed by atoms with Crippen LogP contribution in [0.3, 0.4) is 0 Å². The Hall–Kier alpha value is -2.93. The summed E-state index contributed by atoms with van der Waals surface area (Å²) in [5.74, 6) is 1.54. The van der Waals surface area contributed by atoms with Gasteiger partial charge >= 0.3 is 0 Å². The maximum atomic E-state index is 5.54. The number of nitrogens with one attached hydrogen (secondary N) is 2. The van der Waals surface area contributed by atoms with Gasteiger partial charge in [0.15, 0.2) is 0 Å². The molecule has 0 radical (unpaired) electrons. The summed E-state index contributed by atoms with van der Waals surface area (Å²) in [6.45, 7) is 5.06. The molecule has 0 aromatic heterocycles. The van der Waals surface area contributed by atoms with Crippen LogP contribution in [0.15, 0.2) is 58.7 Å². The molecule has 2 N–H and O–H groups in total. The molecule has 26 heavy (non-hydrogen) atoms. The highest BCUT2D eigenvalue weighted by molar-refractivity contribution is 7.80. The van der Waals surface area contributed by atoms with Crippen molar-refractivity contribution < 1.29 is 9.47 Å². The lowest BCUT2D eigenvalue weighted by Crippen LogP contribution is -2.28. The maximum Gasteiger partial charge on any atom is 0.207 e. The first-order chi connectivity index (χ1) is 12.7. The predicted molar refractivity (Wildman–Crippen MR) is 109 cm³/mol. The lowest BCUT2D eigenvalue weighted by atomic mass is 10.2. The number of thiocarbonyl (C=S) groups is 1. The molecule has 0 amide bonds. The van der Waals surface area contributed by atoms with E-state index in [0.717, 1.165) is 22.6 Å². The van der Waals surface area contributed by atoms with E-state index in [1.165, 1.54) is 0 Å². The van der Waals surface area contributed by atoms with Crippen LogP contribution < -0.4 is 20.3 Å². The highest BCUT2D eigenvalue weighted by Gasteiger charge is 2.00. The van der Waals surface area contributed by atoms with Crippen molar-refractivity contribution >= 4 is 29.8 Å². The van der Waals surface area contributed by atoms with Crippen LogP contribution in [-0.2, 0) is 0 Å². The zero-order valence-electron chi connectivity index (χ0n) is 14.8. The lowest BCUT2D eigenvalue weighted by molar-refractivity contribution is 0.339. The molecule has 0 spiro atoms. The molecule has 0 saturated carbocycles. The van der Waals surface area contributed by atoms with Crippen molar-refractivity contribution in [2.45, 2.75) is 13.8 Å². The van der Waals surface area contributed by atoms with Gasteiger partial charge in [-0.05, 0) is 50.3 Å². The topological polar surface area (TPSA) is 67.2 Å². The van der Waals surface area contributed by atoms with E-state index in [2.05, 4.69) is 21.1 Å². The minimum Gasteiger partial charge on any atom is -0.493 e. The molecule has 0 bridgehead atoms. The van der Waals surface area contributed by atoms with Crippen LogP contribution in [0.1, 0.15) is 25.0 Å². The van der Waals surface area contributed by atoms with Crippen LogP contribution in [-0.4, -0.2) is 30.8 Å². The summed E-state index contributed by atoms with van der Waals surface area (Å²) < 4.78 is 11.1. The smallest absolute Gasteiger partial charge is 0.207 e. The minimum atomic E-state index is 0.278. The molecule has 0 unspecified atom stereocenters. The van der Waals surface area contributed by atoms with Crippen molar-refractivity contribution in [2.75, 3.05) is 13.2 Å². The molecule has 2 rings (SSSR count). The molecule has 0 aliphatic carbocycles. The first-order valence-electron chi connectivity index (χ1n) is 8.30. The lowest BCUT2D eigenvalue weighted by Gasteiger charge is -2.07. The average molecular weight is 370 g/mol. The van der Waals surface area contributed by atoms with Gasteiger partial charge in [-0.25, -0.2) is 0 Å².